The van der Waals surface area contributed by atoms with E-state index in [1.807, 2.05) is 7.05 Å². The second-order valence-corrected chi connectivity index (χ2v) is 5.46. The van der Waals surface area contributed by atoms with Crippen LogP contribution in [-0.4, -0.2) is 22.6 Å². The van der Waals surface area contributed by atoms with Gasteiger partial charge in [-0.05, 0) is 27.8 Å². The molecular formula is C10H18BrN5. The van der Waals surface area contributed by atoms with E-state index < -0.39 is 0 Å². The molecule has 0 aromatic carbocycles. The summed E-state index contributed by atoms with van der Waals surface area (Å²) in [6.07, 6.45) is 1.46. The van der Waals surface area contributed by atoms with Crippen LogP contribution < -0.4 is 16.4 Å². The molecule has 4 N–H and O–H groups in total. The van der Waals surface area contributed by atoms with E-state index in [0.717, 1.165) is 11.4 Å². The smallest absolute Gasteiger partial charge is 0.137 e. The predicted octanol–water partition coefficient (Wildman–Crippen LogP) is 1.88. The van der Waals surface area contributed by atoms with Crippen molar-refractivity contribution in [3.63, 3.8) is 0 Å². The van der Waals surface area contributed by atoms with Crippen molar-refractivity contribution in [2.45, 2.75) is 31.3 Å². The minimum absolute atomic E-state index is 0.0708. The summed E-state index contributed by atoms with van der Waals surface area (Å²) in [4.78, 5) is 8.15. The number of rotatable bonds is 3. The molecule has 0 spiro atoms. The van der Waals surface area contributed by atoms with Gasteiger partial charge in [0.15, 0.2) is 0 Å². The molecule has 0 radical (unpaired) electrons. The fourth-order valence-electron chi connectivity index (χ4n) is 1.26. The molecule has 0 saturated carbocycles. The monoisotopic (exact) mass is 287 g/mol. The van der Waals surface area contributed by atoms with Gasteiger partial charge in [0.05, 0.1) is 10.5 Å². The van der Waals surface area contributed by atoms with Gasteiger partial charge in [0, 0.05) is 5.54 Å². The Balaban J connectivity index is 3.13. The van der Waals surface area contributed by atoms with Crippen molar-refractivity contribution in [3.05, 3.63) is 11.9 Å². The van der Waals surface area contributed by atoms with Gasteiger partial charge in [0.2, 0.25) is 0 Å². The lowest BCUT2D eigenvalue weighted by Crippen LogP contribution is -2.28. The largest absolute Gasteiger partial charge is 0.383 e. The first-order chi connectivity index (χ1) is 7.35. The first kappa shape index (κ1) is 13.2. The quantitative estimate of drug-likeness (QED) is 0.585. The van der Waals surface area contributed by atoms with Crippen LogP contribution in [0, 0.1) is 0 Å². The highest BCUT2D eigenvalue weighted by molar-refractivity contribution is 9.09. The van der Waals surface area contributed by atoms with E-state index in [4.69, 9.17) is 5.73 Å². The van der Waals surface area contributed by atoms with Gasteiger partial charge >= 0.3 is 0 Å². The van der Waals surface area contributed by atoms with Gasteiger partial charge in [-0.2, -0.15) is 0 Å². The lowest BCUT2D eigenvalue weighted by atomic mass is 10.1. The number of nitrogen functional groups attached to an aromatic ring is 1. The summed E-state index contributed by atoms with van der Waals surface area (Å²) in [5.74, 6) is 1.22. The van der Waals surface area contributed by atoms with Crippen molar-refractivity contribution in [1.29, 1.82) is 0 Å². The molecule has 16 heavy (non-hydrogen) atoms. The summed E-state index contributed by atoms with van der Waals surface area (Å²) >= 11 is 3.48. The number of aromatic nitrogens is 2. The molecule has 6 heteroatoms. The number of hydrogen-bond acceptors (Lipinski definition) is 5. The number of anilines is 2. The molecule has 1 unspecified atom stereocenters. The Labute approximate surface area is 104 Å². The molecule has 1 rings (SSSR count). The molecule has 1 aromatic heterocycles. The molecule has 5 nitrogen and oxygen atoms in total. The van der Waals surface area contributed by atoms with Crippen LogP contribution in [-0.2, 0) is 0 Å². The molecule has 0 amide bonds. The van der Waals surface area contributed by atoms with Crippen molar-refractivity contribution in [1.82, 2.24) is 15.3 Å². The second-order valence-electron chi connectivity index (χ2n) is 4.55. The van der Waals surface area contributed by atoms with Crippen LogP contribution in [0.15, 0.2) is 6.33 Å². The van der Waals surface area contributed by atoms with Crippen molar-refractivity contribution in [2.75, 3.05) is 18.1 Å². The Morgan fingerprint density at radius 2 is 2.00 bits per heavy atom. The van der Waals surface area contributed by atoms with Crippen LogP contribution in [0.1, 0.15) is 31.3 Å². The maximum Gasteiger partial charge on any atom is 0.137 e. The average Bonchev–Trinajstić information content (AvgIpc) is 2.14. The zero-order chi connectivity index (χ0) is 12.3. The fourth-order valence-corrected chi connectivity index (χ4v) is 1.71. The third kappa shape index (κ3) is 3.31. The summed E-state index contributed by atoms with van der Waals surface area (Å²) in [5, 5.41) is 6.37. The second kappa shape index (κ2) is 4.97. The maximum atomic E-state index is 5.86. The van der Waals surface area contributed by atoms with Crippen molar-refractivity contribution < 1.29 is 0 Å². The number of halogens is 1. The third-order valence-electron chi connectivity index (χ3n) is 1.92. The van der Waals surface area contributed by atoms with E-state index in [9.17, 15) is 0 Å². The number of alkyl halides is 1. The van der Waals surface area contributed by atoms with E-state index in [1.54, 1.807) is 0 Å². The summed E-state index contributed by atoms with van der Waals surface area (Å²) in [7, 11) is 1.84. The first-order valence-electron chi connectivity index (χ1n) is 5.05. The molecule has 1 aromatic rings. The highest BCUT2D eigenvalue weighted by Gasteiger charge is 2.19. The number of hydrogen-bond donors (Lipinski definition) is 3. The van der Waals surface area contributed by atoms with Gasteiger partial charge in [-0.1, -0.05) is 15.9 Å². The lowest BCUT2D eigenvalue weighted by molar-refractivity contribution is 0.627. The molecule has 0 bridgehead atoms. The van der Waals surface area contributed by atoms with Crippen LogP contribution >= 0.6 is 15.9 Å². The first-order valence-corrected chi connectivity index (χ1v) is 5.96. The topological polar surface area (TPSA) is 75.9 Å². The standard InChI is InChI=1S/C10H18BrN5/c1-10(2,3)16-9-6(7(11)13-4)8(12)14-5-15-9/h5,7,13H,1-4H3,(H3,12,14,15,16). The Hall–Kier alpha value is -0.880. The Morgan fingerprint density at radius 3 is 2.50 bits per heavy atom. The number of nitrogens with zero attached hydrogens (tertiary/aromatic N) is 2. The zero-order valence-electron chi connectivity index (χ0n) is 10.0. The summed E-state index contributed by atoms with van der Waals surface area (Å²) in [6, 6.07) is 0. The van der Waals surface area contributed by atoms with E-state index >= 15 is 0 Å². The molecule has 0 aliphatic carbocycles. The zero-order valence-corrected chi connectivity index (χ0v) is 11.6. The van der Waals surface area contributed by atoms with E-state index in [0.29, 0.717) is 5.82 Å². The van der Waals surface area contributed by atoms with Crippen molar-refractivity contribution >= 4 is 27.6 Å². The molecule has 0 fully saturated rings. The van der Waals surface area contributed by atoms with Crippen LogP contribution in [0.25, 0.3) is 0 Å². The van der Waals surface area contributed by atoms with Gasteiger partial charge < -0.3 is 16.4 Å². The lowest BCUT2D eigenvalue weighted by Gasteiger charge is -2.24. The third-order valence-corrected chi connectivity index (χ3v) is 2.83. The van der Waals surface area contributed by atoms with Crippen LogP contribution in [0.4, 0.5) is 11.6 Å². The van der Waals surface area contributed by atoms with Gasteiger partial charge in [-0.25, -0.2) is 9.97 Å². The molecule has 0 aliphatic rings. The minimum Gasteiger partial charge on any atom is -0.383 e. The molecule has 1 atom stereocenters. The Bertz CT molecular complexity index is 361. The van der Waals surface area contributed by atoms with Gasteiger partial charge in [0.1, 0.15) is 18.0 Å². The summed E-state index contributed by atoms with van der Waals surface area (Å²) in [5.41, 5.74) is 6.62. The highest BCUT2D eigenvalue weighted by Crippen LogP contribution is 2.30. The average molecular weight is 288 g/mol. The Kier molecular flexibility index (Phi) is 4.09. The van der Waals surface area contributed by atoms with Crippen LogP contribution in [0.3, 0.4) is 0 Å². The van der Waals surface area contributed by atoms with E-state index in [1.165, 1.54) is 6.33 Å². The fraction of sp³-hybridized carbons (Fsp3) is 0.600. The SMILES string of the molecule is CNC(Br)c1c(N)ncnc1NC(C)(C)C. The van der Waals surface area contributed by atoms with Gasteiger partial charge in [0.25, 0.3) is 0 Å². The molecule has 0 saturated heterocycles. The number of nitrogens with one attached hydrogen (secondary N) is 2. The molecule has 90 valence electrons. The molecular weight excluding hydrogens is 270 g/mol. The van der Waals surface area contributed by atoms with Gasteiger partial charge in [-0.15, -0.1) is 0 Å². The van der Waals surface area contributed by atoms with Gasteiger partial charge in [-0.3, -0.25) is 0 Å². The van der Waals surface area contributed by atoms with Crippen molar-refractivity contribution in [3.8, 4) is 0 Å². The predicted molar refractivity (Wildman–Crippen MR) is 70.5 cm³/mol. The van der Waals surface area contributed by atoms with E-state index in [2.05, 4.69) is 57.3 Å². The van der Waals surface area contributed by atoms with Crippen LogP contribution in [0.2, 0.25) is 0 Å². The molecule has 0 aliphatic heterocycles. The number of nitrogens with two attached hydrogens (primary N) is 1. The Morgan fingerprint density at radius 1 is 1.38 bits per heavy atom. The maximum absolute atomic E-state index is 5.86. The summed E-state index contributed by atoms with van der Waals surface area (Å²) < 4.78 is 0. The molecule has 1 heterocycles. The summed E-state index contributed by atoms with van der Waals surface area (Å²) in [6.45, 7) is 6.20. The van der Waals surface area contributed by atoms with Crippen LogP contribution in [0.5, 0.6) is 0 Å². The van der Waals surface area contributed by atoms with E-state index in [-0.39, 0.29) is 10.5 Å². The normalized spacial score (nSPS) is 13.6. The highest BCUT2D eigenvalue weighted by atomic mass is 79.9. The van der Waals surface area contributed by atoms with Crippen molar-refractivity contribution in [2.24, 2.45) is 0 Å². The minimum atomic E-state index is -0.0734.